The van der Waals surface area contributed by atoms with E-state index in [0.29, 0.717) is 13.2 Å². The molecule has 51 heavy (non-hydrogen) atoms. The van der Waals surface area contributed by atoms with Gasteiger partial charge < -0.3 is 28.8 Å². The van der Waals surface area contributed by atoms with E-state index in [9.17, 15) is 0 Å². The van der Waals surface area contributed by atoms with Crippen LogP contribution in [0.4, 0.5) is 0 Å². The summed E-state index contributed by atoms with van der Waals surface area (Å²) in [6, 6.07) is 29.3. The SMILES string of the molecule is C[NH+](C)CCCOc1ccc(-c2c3nc(cc4ccc([nH]4)c(-c4ccc(OCCC[N+](C)(C)C)cc4)c4nc(cc5ccc2[nH]5)C=C4)C=C3)cc1. The molecule has 260 valence electrons. The molecular formula is C43H48N6O2+2. The van der Waals surface area contributed by atoms with E-state index < -0.39 is 0 Å². The van der Waals surface area contributed by atoms with Gasteiger partial charge in [0.2, 0.25) is 0 Å². The lowest BCUT2D eigenvalue weighted by atomic mass is 10.0. The fourth-order valence-corrected chi connectivity index (χ4v) is 6.46. The highest BCUT2D eigenvalue weighted by molar-refractivity contribution is 5.93. The second-order valence-electron chi connectivity index (χ2n) is 14.6. The largest absolute Gasteiger partial charge is 0.493 e. The van der Waals surface area contributed by atoms with Gasteiger partial charge >= 0.3 is 0 Å². The molecule has 3 aromatic heterocycles. The summed E-state index contributed by atoms with van der Waals surface area (Å²) in [7, 11) is 10.9. The zero-order valence-corrected chi connectivity index (χ0v) is 30.3. The van der Waals surface area contributed by atoms with Crippen LogP contribution in [0.3, 0.4) is 0 Å². The van der Waals surface area contributed by atoms with Gasteiger partial charge in [0.05, 0.1) is 84.3 Å². The van der Waals surface area contributed by atoms with Crippen LogP contribution in [0.5, 0.6) is 11.5 Å². The Morgan fingerprint density at radius 2 is 1.06 bits per heavy atom. The Kier molecular flexibility index (Phi) is 9.88. The smallest absolute Gasteiger partial charge is 0.119 e. The summed E-state index contributed by atoms with van der Waals surface area (Å²) in [6.07, 6.45) is 10.3. The van der Waals surface area contributed by atoms with Crippen LogP contribution in [-0.4, -0.2) is 86.0 Å². The Hall–Kier alpha value is -5.44. The summed E-state index contributed by atoms with van der Waals surface area (Å²) in [5, 5.41) is 0. The van der Waals surface area contributed by atoms with E-state index in [1.54, 1.807) is 0 Å². The fourth-order valence-electron chi connectivity index (χ4n) is 6.46. The summed E-state index contributed by atoms with van der Waals surface area (Å²) in [5.41, 5.74) is 11.7. The minimum Gasteiger partial charge on any atom is -0.493 e. The van der Waals surface area contributed by atoms with E-state index in [1.165, 1.54) is 4.90 Å². The first-order valence-corrected chi connectivity index (χ1v) is 17.8. The van der Waals surface area contributed by atoms with Crippen molar-refractivity contribution in [2.75, 3.05) is 61.5 Å². The Morgan fingerprint density at radius 1 is 0.588 bits per heavy atom. The fraction of sp³-hybridized carbons (Fsp3) is 0.256. The highest BCUT2D eigenvalue weighted by atomic mass is 16.5. The van der Waals surface area contributed by atoms with Crippen molar-refractivity contribution in [2.24, 2.45) is 0 Å². The molecule has 0 unspecified atom stereocenters. The van der Waals surface area contributed by atoms with Crippen LogP contribution in [0.15, 0.2) is 84.9 Å². The molecule has 8 nitrogen and oxygen atoms in total. The van der Waals surface area contributed by atoms with Crippen molar-refractivity contribution in [2.45, 2.75) is 12.8 Å². The van der Waals surface area contributed by atoms with E-state index in [-0.39, 0.29) is 0 Å². The van der Waals surface area contributed by atoms with Crippen LogP contribution in [0.2, 0.25) is 0 Å². The molecule has 2 aromatic carbocycles. The topological polar surface area (TPSA) is 80.3 Å². The molecule has 0 radical (unpaired) electrons. The average Bonchev–Trinajstić information content (AvgIpc) is 3.93. The first-order chi connectivity index (χ1) is 24.7. The average molecular weight is 681 g/mol. The minimum absolute atomic E-state index is 0.696. The molecule has 5 heterocycles. The van der Waals surface area contributed by atoms with Crippen molar-refractivity contribution in [1.82, 2.24) is 19.9 Å². The van der Waals surface area contributed by atoms with Gasteiger partial charge in [-0.2, -0.15) is 0 Å². The number of nitrogens with one attached hydrogen (secondary N) is 3. The number of aromatic nitrogens is 4. The zero-order chi connectivity index (χ0) is 35.4. The predicted octanol–water partition coefficient (Wildman–Crippen LogP) is 7.38. The number of rotatable bonds is 12. The molecular weight excluding hydrogens is 633 g/mol. The lowest BCUT2D eigenvalue weighted by Crippen LogP contribution is -3.05. The quantitative estimate of drug-likeness (QED) is 0.0930. The number of H-pyrrole nitrogens is 2. The van der Waals surface area contributed by atoms with Gasteiger partial charge in [-0.1, -0.05) is 24.3 Å². The Balaban J connectivity index is 1.27. The van der Waals surface area contributed by atoms with Crippen molar-refractivity contribution in [3.63, 3.8) is 0 Å². The molecule has 0 aliphatic carbocycles. The maximum Gasteiger partial charge on any atom is 0.119 e. The van der Waals surface area contributed by atoms with Crippen LogP contribution in [0.25, 0.3) is 68.6 Å². The number of nitrogens with zero attached hydrogens (tertiary/aromatic N) is 3. The highest BCUT2D eigenvalue weighted by Crippen LogP contribution is 2.33. The van der Waals surface area contributed by atoms with Gasteiger partial charge in [0.15, 0.2) is 0 Å². The number of hydrogen-bond acceptors (Lipinski definition) is 4. The van der Waals surface area contributed by atoms with Crippen LogP contribution >= 0.6 is 0 Å². The molecule has 0 saturated carbocycles. The van der Waals surface area contributed by atoms with Gasteiger partial charge in [-0.3, -0.25) is 0 Å². The van der Waals surface area contributed by atoms with E-state index in [2.05, 4.69) is 142 Å². The maximum absolute atomic E-state index is 6.08. The van der Waals surface area contributed by atoms with Gasteiger partial charge in [-0.05, 0) is 96.1 Å². The minimum atomic E-state index is 0.696. The molecule has 0 amide bonds. The Morgan fingerprint density at radius 3 is 1.51 bits per heavy atom. The monoisotopic (exact) mass is 680 g/mol. The zero-order valence-electron chi connectivity index (χ0n) is 30.3. The molecule has 2 aliphatic heterocycles. The second kappa shape index (κ2) is 14.8. The first kappa shape index (κ1) is 34.0. The van der Waals surface area contributed by atoms with Gasteiger partial charge in [0.25, 0.3) is 0 Å². The van der Waals surface area contributed by atoms with Crippen molar-refractivity contribution in [3.8, 4) is 33.8 Å². The van der Waals surface area contributed by atoms with Gasteiger partial charge in [-0.25, -0.2) is 9.97 Å². The molecule has 5 aromatic rings. The second-order valence-corrected chi connectivity index (χ2v) is 14.6. The molecule has 7 rings (SSSR count). The summed E-state index contributed by atoms with van der Waals surface area (Å²) in [6.45, 7) is 3.55. The van der Waals surface area contributed by atoms with Crippen molar-refractivity contribution in [1.29, 1.82) is 0 Å². The molecule has 0 fully saturated rings. The summed E-state index contributed by atoms with van der Waals surface area (Å²) < 4.78 is 13.0. The lowest BCUT2D eigenvalue weighted by molar-refractivity contribution is -0.870. The van der Waals surface area contributed by atoms with Crippen molar-refractivity contribution in [3.05, 3.63) is 108 Å². The van der Waals surface area contributed by atoms with Gasteiger partial charge in [0, 0.05) is 46.0 Å². The molecule has 2 aliphatic rings. The number of quaternary nitrogens is 2. The number of ether oxygens (including phenoxy) is 2. The molecule has 8 bridgehead atoms. The molecule has 0 atom stereocenters. The Labute approximate surface area is 300 Å². The number of hydrogen-bond donors (Lipinski definition) is 3. The Bertz CT molecular complexity index is 2220. The van der Waals surface area contributed by atoms with E-state index in [0.717, 1.165) is 109 Å². The van der Waals surface area contributed by atoms with Crippen LogP contribution < -0.4 is 14.4 Å². The summed E-state index contributed by atoms with van der Waals surface area (Å²) in [5.74, 6) is 1.75. The lowest BCUT2D eigenvalue weighted by Gasteiger charge is -2.23. The van der Waals surface area contributed by atoms with E-state index in [1.807, 2.05) is 12.1 Å². The van der Waals surface area contributed by atoms with Crippen LogP contribution in [0, 0.1) is 0 Å². The summed E-state index contributed by atoms with van der Waals surface area (Å²) in [4.78, 5) is 18.9. The van der Waals surface area contributed by atoms with Crippen molar-refractivity contribution >= 4 is 46.4 Å². The third kappa shape index (κ3) is 8.48. The summed E-state index contributed by atoms with van der Waals surface area (Å²) >= 11 is 0. The standard InChI is InChI=1S/C43H47N6O2/c1-48(2)24-6-26-50-36-16-8-30(9-17-36)42-38-20-12-32(44-38)28-34-14-22-40(46-34)43(41-23-15-35(47-41)29-33-13-21-39(42)45-33)31-10-18-37(19-11-31)51-27-7-25-49(3,4)5/h8-23,28-29,44,47H,6-7,24-27H2,1-5H3/q+1/p+1. The van der Waals surface area contributed by atoms with Crippen LogP contribution in [-0.2, 0) is 0 Å². The van der Waals surface area contributed by atoms with E-state index >= 15 is 0 Å². The third-order valence-electron chi connectivity index (χ3n) is 9.02. The normalized spacial score (nSPS) is 12.5. The third-order valence-corrected chi connectivity index (χ3v) is 9.02. The molecule has 3 N–H and O–H groups in total. The molecule has 0 saturated heterocycles. The number of aromatic amines is 2. The maximum atomic E-state index is 6.08. The van der Waals surface area contributed by atoms with Gasteiger partial charge in [0.1, 0.15) is 11.5 Å². The number of fused-ring (bicyclic) bond motifs is 8. The molecule has 0 spiro atoms. The number of benzene rings is 2. The highest BCUT2D eigenvalue weighted by Gasteiger charge is 2.14. The van der Waals surface area contributed by atoms with Crippen molar-refractivity contribution < 1.29 is 18.9 Å². The van der Waals surface area contributed by atoms with E-state index in [4.69, 9.17) is 19.4 Å². The first-order valence-electron chi connectivity index (χ1n) is 17.8. The van der Waals surface area contributed by atoms with Gasteiger partial charge in [-0.15, -0.1) is 0 Å². The molecule has 8 heteroatoms. The van der Waals surface area contributed by atoms with Crippen LogP contribution in [0.1, 0.15) is 35.6 Å². The predicted molar refractivity (Wildman–Crippen MR) is 211 cm³/mol.